The molecule has 0 bridgehead atoms. The molecule has 1 saturated heterocycles. The first-order valence-corrected chi connectivity index (χ1v) is 4.60. The number of quaternary nitrogens is 1. The van der Waals surface area contributed by atoms with Crippen LogP contribution in [0.4, 0.5) is 0 Å². The molecule has 0 N–H and O–H groups in total. The smallest absolute Gasteiger partial charge is 0.133 e. The number of epoxide rings is 1. The van der Waals surface area contributed by atoms with Crippen LogP contribution in [0.3, 0.4) is 0 Å². The molecule has 1 heterocycles. The van der Waals surface area contributed by atoms with E-state index in [4.69, 9.17) is 4.74 Å². The van der Waals surface area contributed by atoms with Gasteiger partial charge in [-0.05, 0) is 20.8 Å². The highest BCUT2D eigenvalue weighted by atomic mass is 127. The molecule has 2 nitrogen and oxygen atoms in total. The van der Waals surface area contributed by atoms with Crippen molar-refractivity contribution in [3.8, 4) is 0 Å². The van der Waals surface area contributed by atoms with Crippen LogP contribution in [0.2, 0.25) is 0 Å². The van der Waals surface area contributed by atoms with E-state index in [1.165, 1.54) is 19.6 Å². The number of likely N-dealkylation sites (N-methyl/N-ethyl adjacent to an activating group) is 1. The van der Waals surface area contributed by atoms with Crippen LogP contribution in [0, 0.1) is 0 Å². The molecule has 0 radical (unpaired) electrons. The zero-order valence-corrected chi connectivity index (χ0v) is 10.7. The van der Waals surface area contributed by atoms with E-state index in [-0.39, 0.29) is 24.0 Å². The van der Waals surface area contributed by atoms with Gasteiger partial charge >= 0.3 is 0 Å². The number of halogens is 1. The predicted molar refractivity (Wildman–Crippen MR) is 46.5 cm³/mol. The molecule has 0 aromatic carbocycles. The van der Waals surface area contributed by atoms with Crippen molar-refractivity contribution in [2.24, 2.45) is 0 Å². The summed E-state index contributed by atoms with van der Waals surface area (Å²) in [6, 6.07) is 0. The van der Waals surface area contributed by atoms with E-state index >= 15 is 0 Å². The molecule has 0 aromatic rings. The molecule has 2 unspecified atom stereocenters. The van der Waals surface area contributed by atoms with Gasteiger partial charge in [0.1, 0.15) is 12.6 Å². The lowest BCUT2D eigenvalue weighted by Crippen LogP contribution is -3.00. The molecule has 3 heteroatoms. The minimum absolute atomic E-state index is 0. The molecule has 0 aromatic heterocycles. The molecule has 0 spiro atoms. The van der Waals surface area contributed by atoms with Gasteiger partial charge in [-0.1, -0.05) is 0 Å². The maximum atomic E-state index is 5.40. The van der Waals surface area contributed by atoms with E-state index in [0.717, 1.165) is 4.48 Å². The molecule has 0 amide bonds. The van der Waals surface area contributed by atoms with Gasteiger partial charge in [0.25, 0.3) is 0 Å². The molecule has 1 rings (SSSR count). The summed E-state index contributed by atoms with van der Waals surface area (Å²) in [6.07, 6.45) is 1.06. The maximum Gasteiger partial charge on any atom is 0.133 e. The average Bonchev–Trinajstić information content (AvgIpc) is 2.66. The Bertz CT molecular complexity index is 136. The Hall–Kier alpha value is 0.650. The molecule has 1 fully saturated rings. The van der Waals surface area contributed by atoms with E-state index < -0.39 is 0 Å². The zero-order chi connectivity index (χ0) is 8.48. The van der Waals surface area contributed by atoms with Gasteiger partial charge in [-0.2, -0.15) is 0 Å². The van der Waals surface area contributed by atoms with Crippen LogP contribution in [0.25, 0.3) is 0 Å². The van der Waals surface area contributed by atoms with Gasteiger partial charge in [0.15, 0.2) is 0 Å². The molecule has 0 saturated carbocycles. The van der Waals surface area contributed by atoms with Crippen molar-refractivity contribution >= 4 is 0 Å². The lowest BCUT2D eigenvalue weighted by atomic mass is 10.3. The van der Waals surface area contributed by atoms with Crippen LogP contribution in [-0.2, 0) is 4.74 Å². The molecule has 74 valence electrons. The fourth-order valence-corrected chi connectivity index (χ4v) is 1.34. The second-order valence-electron chi connectivity index (χ2n) is 3.81. The van der Waals surface area contributed by atoms with Gasteiger partial charge < -0.3 is 33.2 Å². The molecular weight excluding hydrogens is 265 g/mol. The van der Waals surface area contributed by atoms with Crippen molar-refractivity contribution in [1.29, 1.82) is 0 Å². The second-order valence-corrected chi connectivity index (χ2v) is 3.81. The largest absolute Gasteiger partial charge is 1.00 e. The Kier molecular flexibility index (Phi) is 5.02. The molecular formula is C9H20INO. The molecule has 1 aliphatic heterocycles. The number of hydrogen-bond donors (Lipinski definition) is 0. The summed E-state index contributed by atoms with van der Waals surface area (Å²) in [6.45, 7) is 10.3. The fourth-order valence-electron chi connectivity index (χ4n) is 1.34. The molecule has 12 heavy (non-hydrogen) atoms. The molecule has 1 aliphatic rings. The van der Waals surface area contributed by atoms with Crippen LogP contribution >= 0.6 is 0 Å². The third kappa shape index (κ3) is 3.18. The van der Waals surface area contributed by atoms with Gasteiger partial charge in [-0.25, -0.2) is 0 Å². The Morgan fingerprint density at radius 2 is 1.67 bits per heavy atom. The van der Waals surface area contributed by atoms with Crippen molar-refractivity contribution in [2.45, 2.75) is 33.0 Å². The summed E-state index contributed by atoms with van der Waals surface area (Å²) in [5.74, 6) is 0. The van der Waals surface area contributed by atoms with E-state index in [2.05, 4.69) is 27.8 Å². The van der Waals surface area contributed by atoms with Crippen molar-refractivity contribution in [3.63, 3.8) is 0 Å². The summed E-state index contributed by atoms with van der Waals surface area (Å²) >= 11 is 0. The van der Waals surface area contributed by atoms with E-state index in [1.54, 1.807) is 0 Å². The monoisotopic (exact) mass is 285 g/mol. The lowest BCUT2D eigenvalue weighted by molar-refractivity contribution is -0.906. The number of rotatable bonds is 4. The SMILES string of the molecule is CC[N+](C)(CC)CC1OC1C.[I-]. The molecule has 2 atom stereocenters. The summed E-state index contributed by atoms with van der Waals surface area (Å²) in [4.78, 5) is 0. The summed E-state index contributed by atoms with van der Waals surface area (Å²) in [5, 5.41) is 0. The lowest BCUT2D eigenvalue weighted by Gasteiger charge is -2.31. The van der Waals surface area contributed by atoms with E-state index in [0.29, 0.717) is 12.2 Å². The highest BCUT2D eigenvalue weighted by Crippen LogP contribution is 2.23. The second kappa shape index (κ2) is 4.77. The number of hydrogen-bond acceptors (Lipinski definition) is 1. The number of ether oxygens (including phenoxy) is 1. The first-order chi connectivity index (χ1) is 5.11. The standard InChI is InChI=1S/C9H20NO.HI/c1-5-10(4,6-2)7-9-8(3)11-9;/h8-9H,5-7H2,1-4H3;1H/q+1;/p-1. The predicted octanol–water partition coefficient (Wildman–Crippen LogP) is -1.74. The highest BCUT2D eigenvalue weighted by Gasteiger charge is 2.40. The van der Waals surface area contributed by atoms with Gasteiger partial charge in [-0.15, -0.1) is 0 Å². The van der Waals surface area contributed by atoms with Crippen LogP contribution in [-0.4, -0.2) is 43.4 Å². The van der Waals surface area contributed by atoms with Crippen molar-refractivity contribution in [3.05, 3.63) is 0 Å². The first kappa shape index (κ1) is 12.7. The third-order valence-corrected chi connectivity index (χ3v) is 2.98. The average molecular weight is 285 g/mol. The van der Waals surface area contributed by atoms with Crippen LogP contribution in [0.1, 0.15) is 20.8 Å². The van der Waals surface area contributed by atoms with E-state index in [9.17, 15) is 0 Å². The van der Waals surface area contributed by atoms with Crippen LogP contribution in [0.15, 0.2) is 0 Å². The zero-order valence-electron chi connectivity index (χ0n) is 8.51. The Morgan fingerprint density at radius 3 is 1.92 bits per heavy atom. The minimum Gasteiger partial charge on any atom is -1.00 e. The Balaban J connectivity index is 0.00000121. The summed E-state index contributed by atoms with van der Waals surface area (Å²) < 4.78 is 6.55. The van der Waals surface area contributed by atoms with Crippen molar-refractivity contribution in [2.75, 3.05) is 26.7 Å². The Morgan fingerprint density at radius 1 is 1.25 bits per heavy atom. The summed E-state index contributed by atoms with van der Waals surface area (Å²) in [5.41, 5.74) is 0. The minimum atomic E-state index is 0. The highest BCUT2D eigenvalue weighted by molar-refractivity contribution is 4.79. The van der Waals surface area contributed by atoms with Gasteiger partial charge in [0, 0.05) is 0 Å². The van der Waals surface area contributed by atoms with E-state index in [1.807, 2.05) is 0 Å². The maximum absolute atomic E-state index is 5.40. The normalized spacial score (nSPS) is 28.0. The van der Waals surface area contributed by atoms with Crippen LogP contribution < -0.4 is 24.0 Å². The molecule has 0 aliphatic carbocycles. The topological polar surface area (TPSA) is 12.5 Å². The third-order valence-electron chi connectivity index (χ3n) is 2.98. The first-order valence-electron chi connectivity index (χ1n) is 4.60. The van der Waals surface area contributed by atoms with Crippen LogP contribution in [0.5, 0.6) is 0 Å². The quantitative estimate of drug-likeness (QED) is 0.339. The fraction of sp³-hybridized carbons (Fsp3) is 1.00. The van der Waals surface area contributed by atoms with Gasteiger partial charge in [-0.3, -0.25) is 0 Å². The van der Waals surface area contributed by atoms with Gasteiger partial charge in [0.05, 0.1) is 26.2 Å². The number of nitrogens with zero attached hydrogens (tertiary/aromatic N) is 1. The van der Waals surface area contributed by atoms with Gasteiger partial charge in [0.2, 0.25) is 0 Å². The Labute approximate surface area is 92.9 Å². The summed E-state index contributed by atoms with van der Waals surface area (Å²) in [7, 11) is 2.30. The van der Waals surface area contributed by atoms with Crippen molar-refractivity contribution < 1.29 is 33.2 Å². The van der Waals surface area contributed by atoms with Crippen molar-refractivity contribution in [1.82, 2.24) is 0 Å².